The summed E-state index contributed by atoms with van der Waals surface area (Å²) in [7, 11) is 0. The van der Waals surface area contributed by atoms with Crippen molar-refractivity contribution in [2.24, 2.45) is 0 Å². The summed E-state index contributed by atoms with van der Waals surface area (Å²) >= 11 is 0. The van der Waals surface area contributed by atoms with E-state index in [2.05, 4.69) is 150 Å². The van der Waals surface area contributed by atoms with Crippen LogP contribution in [-0.4, -0.2) is 4.98 Å². The predicted octanol–water partition coefficient (Wildman–Crippen LogP) is 10.8. The van der Waals surface area contributed by atoms with E-state index in [0.29, 0.717) is 0 Å². The summed E-state index contributed by atoms with van der Waals surface area (Å²) in [5.74, 6) is 0.886. The van der Waals surface area contributed by atoms with E-state index in [1.165, 1.54) is 54.2 Å². The lowest BCUT2D eigenvalue weighted by molar-refractivity contribution is 1.20. The Morgan fingerprint density at radius 2 is 0.951 bits per heavy atom. The van der Waals surface area contributed by atoms with Crippen LogP contribution in [0.3, 0.4) is 0 Å². The SMILES string of the molecule is c1ccc(N(c2ccc3ccccc3c2)c2c3ccccc3c(-c3ccc4ccccc4c3)c3ccccc23)nc1. The maximum atomic E-state index is 4.87. The van der Waals surface area contributed by atoms with Crippen molar-refractivity contribution in [1.82, 2.24) is 4.98 Å². The second-order valence-electron chi connectivity index (χ2n) is 10.4. The number of hydrogen-bond acceptors (Lipinski definition) is 2. The average Bonchev–Trinajstić information content (AvgIpc) is 3.05. The van der Waals surface area contributed by atoms with E-state index >= 15 is 0 Å². The van der Waals surface area contributed by atoms with Crippen LogP contribution in [-0.2, 0) is 0 Å². The molecule has 8 aromatic rings. The third-order valence-corrected chi connectivity index (χ3v) is 8.03. The number of fused-ring (bicyclic) bond motifs is 4. The molecule has 8 rings (SSSR count). The number of nitrogens with zero attached hydrogens (tertiary/aromatic N) is 2. The molecule has 2 nitrogen and oxygen atoms in total. The van der Waals surface area contributed by atoms with E-state index in [9.17, 15) is 0 Å². The number of aromatic nitrogens is 1. The molecule has 0 aliphatic heterocycles. The van der Waals surface area contributed by atoms with E-state index < -0.39 is 0 Å². The van der Waals surface area contributed by atoms with Crippen LogP contribution in [0.2, 0.25) is 0 Å². The minimum atomic E-state index is 0.886. The summed E-state index contributed by atoms with van der Waals surface area (Å²) in [4.78, 5) is 7.19. The molecule has 0 saturated heterocycles. The lowest BCUT2D eigenvalue weighted by Gasteiger charge is -2.28. The van der Waals surface area contributed by atoms with Gasteiger partial charge in [0.05, 0.1) is 5.69 Å². The Balaban J connectivity index is 1.48. The molecule has 0 amide bonds. The molecule has 0 unspecified atom stereocenters. The summed E-state index contributed by atoms with van der Waals surface area (Å²) in [5, 5.41) is 9.73. The number of hydrogen-bond donors (Lipinski definition) is 0. The van der Waals surface area contributed by atoms with E-state index in [-0.39, 0.29) is 0 Å². The molecule has 0 radical (unpaired) electrons. The van der Waals surface area contributed by atoms with Gasteiger partial charge in [-0.1, -0.05) is 121 Å². The molecule has 0 fully saturated rings. The summed E-state index contributed by atoms with van der Waals surface area (Å²) in [5.41, 5.74) is 4.69. The fraction of sp³-hybridized carbons (Fsp3) is 0. The van der Waals surface area contributed by atoms with Gasteiger partial charge in [-0.3, -0.25) is 4.90 Å². The molecule has 1 heterocycles. The normalized spacial score (nSPS) is 11.4. The fourth-order valence-electron chi connectivity index (χ4n) is 6.18. The molecule has 0 saturated carbocycles. The van der Waals surface area contributed by atoms with Crippen LogP contribution in [0.5, 0.6) is 0 Å². The third kappa shape index (κ3) is 3.92. The maximum Gasteiger partial charge on any atom is 0.137 e. The van der Waals surface area contributed by atoms with E-state index in [1.54, 1.807) is 0 Å². The first-order valence-corrected chi connectivity index (χ1v) is 14.0. The standard InChI is InChI=1S/C39H26N2/c1-3-13-29-25-31(21-20-27(29)11-1)38-33-15-5-7-17-35(33)39(36-18-8-6-16-34(36)38)41(37-19-9-10-24-40-37)32-23-22-28-12-2-4-14-30(28)26-32/h1-26H. The van der Waals surface area contributed by atoms with Gasteiger partial charge in [-0.2, -0.15) is 0 Å². The first-order valence-electron chi connectivity index (χ1n) is 14.0. The molecule has 192 valence electrons. The van der Waals surface area contributed by atoms with Crippen molar-refractivity contribution in [2.75, 3.05) is 4.90 Å². The molecule has 1 aromatic heterocycles. The molecule has 2 heteroatoms. The maximum absolute atomic E-state index is 4.87. The molecular formula is C39H26N2. The highest BCUT2D eigenvalue weighted by molar-refractivity contribution is 6.22. The Labute approximate surface area is 238 Å². The van der Waals surface area contributed by atoms with Gasteiger partial charge < -0.3 is 0 Å². The molecular weight excluding hydrogens is 496 g/mol. The minimum Gasteiger partial charge on any atom is -0.294 e. The van der Waals surface area contributed by atoms with Crippen molar-refractivity contribution in [3.05, 3.63) is 158 Å². The lowest BCUT2D eigenvalue weighted by Crippen LogP contribution is -2.12. The summed E-state index contributed by atoms with van der Waals surface area (Å²) in [6.07, 6.45) is 1.87. The zero-order valence-electron chi connectivity index (χ0n) is 22.4. The Morgan fingerprint density at radius 3 is 1.59 bits per heavy atom. The van der Waals surface area contributed by atoms with E-state index in [1.807, 2.05) is 12.3 Å². The minimum absolute atomic E-state index is 0.886. The van der Waals surface area contributed by atoms with E-state index in [0.717, 1.165) is 17.2 Å². The molecule has 7 aromatic carbocycles. The van der Waals surface area contributed by atoms with Gasteiger partial charge in [0.15, 0.2) is 0 Å². The number of pyridine rings is 1. The molecule has 0 spiro atoms. The largest absolute Gasteiger partial charge is 0.294 e. The van der Waals surface area contributed by atoms with Crippen molar-refractivity contribution in [1.29, 1.82) is 0 Å². The van der Waals surface area contributed by atoms with Gasteiger partial charge in [-0.25, -0.2) is 4.98 Å². The van der Waals surface area contributed by atoms with Crippen LogP contribution in [0.25, 0.3) is 54.2 Å². The zero-order chi connectivity index (χ0) is 27.2. The van der Waals surface area contributed by atoms with Crippen LogP contribution in [0.15, 0.2) is 158 Å². The van der Waals surface area contributed by atoms with Gasteiger partial charge in [0.1, 0.15) is 5.82 Å². The predicted molar refractivity (Wildman–Crippen MR) is 174 cm³/mol. The van der Waals surface area contributed by atoms with Crippen molar-refractivity contribution in [3.8, 4) is 11.1 Å². The summed E-state index contributed by atoms with van der Waals surface area (Å²) in [6, 6.07) is 54.3. The second kappa shape index (κ2) is 9.62. The van der Waals surface area contributed by atoms with Gasteiger partial charge in [-0.15, -0.1) is 0 Å². The molecule has 0 bridgehead atoms. The molecule has 0 atom stereocenters. The second-order valence-corrected chi connectivity index (χ2v) is 10.4. The smallest absolute Gasteiger partial charge is 0.137 e. The Morgan fingerprint density at radius 1 is 0.415 bits per heavy atom. The molecule has 41 heavy (non-hydrogen) atoms. The van der Waals surface area contributed by atoms with Crippen molar-refractivity contribution in [3.63, 3.8) is 0 Å². The van der Waals surface area contributed by atoms with Gasteiger partial charge in [0.2, 0.25) is 0 Å². The van der Waals surface area contributed by atoms with Crippen molar-refractivity contribution >= 4 is 60.3 Å². The molecule has 0 aliphatic carbocycles. The topological polar surface area (TPSA) is 16.1 Å². The molecule has 0 N–H and O–H groups in total. The Bertz CT molecular complexity index is 2160. The number of anilines is 3. The molecule has 0 aliphatic rings. The first kappa shape index (κ1) is 23.4. The lowest BCUT2D eigenvalue weighted by atomic mass is 9.89. The van der Waals surface area contributed by atoms with Crippen LogP contribution in [0.1, 0.15) is 0 Å². The number of benzene rings is 7. The fourth-order valence-corrected chi connectivity index (χ4v) is 6.18. The van der Waals surface area contributed by atoms with Crippen LogP contribution < -0.4 is 4.90 Å². The monoisotopic (exact) mass is 522 g/mol. The Kier molecular flexibility index (Phi) is 5.49. The third-order valence-electron chi connectivity index (χ3n) is 8.03. The summed E-state index contributed by atoms with van der Waals surface area (Å²) in [6.45, 7) is 0. The highest BCUT2D eigenvalue weighted by Gasteiger charge is 2.22. The van der Waals surface area contributed by atoms with Gasteiger partial charge in [0, 0.05) is 22.7 Å². The summed E-state index contributed by atoms with van der Waals surface area (Å²) < 4.78 is 0. The zero-order valence-corrected chi connectivity index (χ0v) is 22.4. The number of rotatable bonds is 4. The Hall–Kier alpha value is -5.47. The van der Waals surface area contributed by atoms with Crippen LogP contribution in [0, 0.1) is 0 Å². The van der Waals surface area contributed by atoms with Gasteiger partial charge in [0.25, 0.3) is 0 Å². The average molecular weight is 523 g/mol. The van der Waals surface area contributed by atoms with Gasteiger partial charge >= 0.3 is 0 Å². The van der Waals surface area contributed by atoms with Crippen LogP contribution in [0.4, 0.5) is 17.2 Å². The van der Waals surface area contributed by atoms with Gasteiger partial charge in [-0.05, 0) is 73.8 Å². The highest BCUT2D eigenvalue weighted by Crippen LogP contribution is 2.48. The van der Waals surface area contributed by atoms with Crippen molar-refractivity contribution < 1.29 is 0 Å². The first-order chi connectivity index (χ1) is 20.3. The van der Waals surface area contributed by atoms with Crippen molar-refractivity contribution in [2.45, 2.75) is 0 Å². The highest BCUT2D eigenvalue weighted by atomic mass is 15.2. The van der Waals surface area contributed by atoms with Crippen LogP contribution >= 0.6 is 0 Å². The quantitative estimate of drug-likeness (QED) is 0.214. The van der Waals surface area contributed by atoms with E-state index in [4.69, 9.17) is 4.98 Å².